The molecule has 0 N–H and O–H groups in total. The lowest BCUT2D eigenvalue weighted by Crippen LogP contribution is -2.29. The Kier molecular flexibility index (Phi) is 4.27. The number of halogens is 1. The minimum absolute atomic E-state index is 0.0381. The Morgan fingerprint density at radius 2 is 2.24 bits per heavy atom. The molecule has 1 aromatic carbocycles. The van der Waals surface area contributed by atoms with E-state index >= 15 is 0 Å². The molecule has 0 spiro atoms. The van der Waals surface area contributed by atoms with Gasteiger partial charge in [0.05, 0.1) is 0 Å². The highest BCUT2D eigenvalue weighted by molar-refractivity contribution is 5.81. The second-order valence-corrected chi connectivity index (χ2v) is 6.52. The molecule has 1 heterocycles. The normalized spacial score (nSPS) is 28.3. The third-order valence-corrected chi connectivity index (χ3v) is 4.88. The Hall–Kier alpha value is -1.38. The molecule has 0 amide bonds. The van der Waals surface area contributed by atoms with Crippen LogP contribution in [0.3, 0.4) is 0 Å². The van der Waals surface area contributed by atoms with Crippen LogP contribution in [-0.4, -0.2) is 11.9 Å². The van der Waals surface area contributed by atoms with Gasteiger partial charge in [-0.25, -0.2) is 4.39 Å². The summed E-state index contributed by atoms with van der Waals surface area (Å²) in [5.74, 6) is 1.80. The van der Waals surface area contributed by atoms with Gasteiger partial charge in [0.2, 0.25) is 0 Å². The lowest BCUT2D eigenvalue weighted by Gasteiger charge is -2.29. The zero-order chi connectivity index (χ0) is 14.8. The maximum atomic E-state index is 13.2. The fraction of sp³-hybridized carbons (Fsp3) is 0.611. The van der Waals surface area contributed by atoms with E-state index in [1.54, 1.807) is 12.1 Å². The molecule has 3 rings (SSSR count). The summed E-state index contributed by atoms with van der Waals surface area (Å²) in [6, 6.07) is 4.69. The first-order valence-electron chi connectivity index (χ1n) is 8.13. The van der Waals surface area contributed by atoms with Gasteiger partial charge in [-0.05, 0) is 43.4 Å². The van der Waals surface area contributed by atoms with Crippen molar-refractivity contribution in [3.05, 3.63) is 29.6 Å². The molecule has 0 saturated heterocycles. The van der Waals surface area contributed by atoms with Crippen molar-refractivity contribution in [2.45, 2.75) is 58.0 Å². The average molecular weight is 290 g/mol. The van der Waals surface area contributed by atoms with Crippen LogP contribution < -0.4 is 4.74 Å². The summed E-state index contributed by atoms with van der Waals surface area (Å²) in [4.78, 5) is 12.1. The van der Waals surface area contributed by atoms with Crippen molar-refractivity contribution in [1.82, 2.24) is 0 Å². The lowest BCUT2D eigenvalue weighted by molar-refractivity contribution is -0.126. The summed E-state index contributed by atoms with van der Waals surface area (Å²) < 4.78 is 19.1. The topological polar surface area (TPSA) is 26.3 Å². The second kappa shape index (κ2) is 6.17. The first kappa shape index (κ1) is 14.6. The van der Waals surface area contributed by atoms with E-state index in [4.69, 9.17) is 4.74 Å². The number of fused-ring (bicyclic) bond motifs is 1. The molecule has 2 aliphatic rings. The summed E-state index contributed by atoms with van der Waals surface area (Å²) >= 11 is 0. The third-order valence-electron chi connectivity index (χ3n) is 4.88. The molecule has 21 heavy (non-hydrogen) atoms. The predicted molar refractivity (Wildman–Crippen MR) is 79.9 cm³/mol. The average Bonchev–Trinajstić information content (AvgIpc) is 2.84. The van der Waals surface area contributed by atoms with E-state index in [2.05, 4.69) is 6.92 Å². The van der Waals surface area contributed by atoms with Crippen molar-refractivity contribution in [2.24, 2.45) is 11.8 Å². The van der Waals surface area contributed by atoms with Crippen molar-refractivity contribution in [3.63, 3.8) is 0 Å². The Morgan fingerprint density at radius 1 is 1.38 bits per heavy atom. The van der Waals surface area contributed by atoms with Gasteiger partial charge in [0.1, 0.15) is 23.5 Å². The second-order valence-electron chi connectivity index (χ2n) is 6.52. The van der Waals surface area contributed by atoms with Crippen LogP contribution in [0.15, 0.2) is 18.2 Å². The van der Waals surface area contributed by atoms with Gasteiger partial charge in [0.25, 0.3) is 0 Å². The minimum Gasteiger partial charge on any atom is -0.490 e. The monoisotopic (exact) mass is 290 g/mol. The molecule has 2 nitrogen and oxygen atoms in total. The zero-order valence-electron chi connectivity index (χ0n) is 12.6. The smallest absolute Gasteiger partial charge is 0.136 e. The van der Waals surface area contributed by atoms with Gasteiger partial charge < -0.3 is 4.74 Å². The fourth-order valence-corrected chi connectivity index (χ4v) is 3.84. The first-order valence-corrected chi connectivity index (χ1v) is 8.13. The summed E-state index contributed by atoms with van der Waals surface area (Å²) in [6.07, 6.45) is 6.76. The molecular weight excluding hydrogens is 267 g/mol. The Labute approximate surface area is 125 Å². The van der Waals surface area contributed by atoms with E-state index in [-0.39, 0.29) is 17.8 Å². The van der Waals surface area contributed by atoms with Crippen molar-refractivity contribution < 1.29 is 13.9 Å². The van der Waals surface area contributed by atoms with Gasteiger partial charge in [0.15, 0.2) is 0 Å². The number of carbonyl (C=O) groups excluding carboxylic acids is 1. The van der Waals surface area contributed by atoms with Crippen LogP contribution in [0.25, 0.3) is 0 Å². The van der Waals surface area contributed by atoms with Gasteiger partial charge in [-0.2, -0.15) is 0 Å². The summed E-state index contributed by atoms with van der Waals surface area (Å²) in [6.45, 7) is 2.21. The fourth-order valence-electron chi connectivity index (χ4n) is 3.84. The first-order chi connectivity index (χ1) is 10.2. The van der Waals surface area contributed by atoms with E-state index in [1.165, 1.54) is 18.9 Å². The molecule has 1 aromatic rings. The largest absolute Gasteiger partial charge is 0.490 e. The quantitative estimate of drug-likeness (QED) is 0.826. The highest BCUT2D eigenvalue weighted by Gasteiger charge is 2.33. The highest BCUT2D eigenvalue weighted by Crippen LogP contribution is 2.36. The van der Waals surface area contributed by atoms with E-state index in [0.717, 1.165) is 43.4 Å². The van der Waals surface area contributed by atoms with Gasteiger partial charge in [-0.3, -0.25) is 4.79 Å². The zero-order valence-corrected chi connectivity index (χ0v) is 12.6. The Balaban J connectivity index is 1.61. The molecule has 114 valence electrons. The SMILES string of the molecule is CCCC1CCC(=O)C(CC2Cc3cc(F)ccc3O2)C1. The lowest BCUT2D eigenvalue weighted by atomic mass is 9.76. The molecular formula is C18H23FO2. The Morgan fingerprint density at radius 3 is 3.05 bits per heavy atom. The van der Waals surface area contributed by atoms with Gasteiger partial charge >= 0.3 is 0 Å². The minimum atomic E-state index is -0.213. The standard InChI is InChI=1S/C18H23FO2/c1-2-3-12-4-6-17(20)13(8-12)10-16-11-14-9-15(19)5-7-18(14)21-16/h5,7,9,12-13,16H,2-4,6,8,10-11H2,1H3. The van der Waals surface area contributed by atoms with Crippen LogP contribution in [0.5, 0.6) is 5.75 Å². The van der Waals surface area contributed by atoms with E-state index in [1.807, 2.05) is 0 Å². The number of ketones is 1. The molecule has 3 atom stereocenters. The number of hydrogen-bond acceptors (Lipinski definition) is 2. The molecule has 0 bridgehead atoms. The molecule has 3 heteroatoms. The van der Waals surface area contributed by atoms with Crippen molar-refractivity contribution in [2.75, 3.05) is 0 Å². The number of Topliss-reactive ketones (excluding diaryl/α,β-unsaturated/α-hetero) is 1. The molecule has 0 aromatic heterocycles. The van der Waals surface area contributed by atoms with Crippen LogP contribution in [-0.2, 0) is 11.2 Å². The van der Waals surface area contributed by atoms with Crippen LogP contribution >= 0.6 is 0 Å². The number of hydrogen-bond donors (Lipinski definition) is 0. The predicted octanol–water partition coefficient (Wildman–Crippen LogP) is 4.30. The van der Waals surface area contributed by atoms with Gasteiger partial charge in [0, 0.05) is 24.3 Å². The number of carbonyl (C=O) groups is 1. The third kappa shape index (κ3) is 3.28. The van der Waals surface area contributed by atoms with Crippen LogP contribution in [0, 0.1) is 17.7 Å². The van der Waals surface area contributed by atoms with Gasteiger partial charge in [-0.15, -0.1) is 0 Å². The van der Waals surface area contributed by atoms with Crippen molar-refractivity contribution in [1.29, 1.82) is 0 Å². The van der Waals surface area contributed by atoms with Crippen LogP contribution in [0.4, 0.5) is 4.39 Å². The van der Waals surface area contributed by atoms with Crippen LogP contribution in [0.1, 0.15) is 51.0 Å². The van der Waals surface area contributed by atoms with E-state index in [9.17, 15) is 9.18 Å². The molecule has 1 aliphatic heterocycles. The summed E-state index contributed by atoms with van der Waals surface area (Å²) in [7, 11) is 0. The summed E-state index contributed by atoms with van der Waals surface area (Å²) in [5, 5.41) is 0. The molecule has 1 fully saturated rings. The Bertz CT molecular complexity index is 526. The van der Waals surface area contributed by atoms with E-state index < -0.39 is 0 Å². The molecule has 0 radical (unpaired) electrons. The number of benzene rings is 1. The maximum Gasteiger partial charge on any atom is 0.136 e. The maximum absolute atomic E-state index is 13.2. The van der Waals surface area contributed by atoms with Crippen LogP contribution in [0.2, 0.25) is 0 Å². The molecule has 3 unspecified atom stereocenters. The van der Waals surface area contributed by atoms with Gasteiger partial charge in [-0.1, -0.05) is 19.8 Å². The van der Waals surface area contributed by atoms with E-state index in [0.29, 0.717) is 11.7 Å². The number of ether oxygens (including phenoxy) is 1. The van der Waals surface area contributed by atoms with Crippen molar-refractivity contribution >= 4 is 5.78 Å². The number of rotatable bonds is 4. The molecule has 1 saturated carbocycles. The molecule has 1 aliphatic carbocycles. The van der Waals surface area contributed by atoms with Crippen molar-refractivity contribution in [3.8, 4) is 5.75 Å². The summed E-state index contributed by atoms with van der Waals surface area (Å²) in [5.41, 5.74) is 0.938. The highest BCUT2D eigenvalue weighted by atomic mass is 19.1.